The molecule has 1 fully saturated rings. The number of rotatable bonds is 3. The van der Waals surface area contributed by atoms with Gasteiger partial charge in [-0.1, -0.05) is 36.4 Å². The highest BCUT2D eigenvalue weighted by atomic mass is 19.1. The number of hydrogen-bond donors (Lipinski definition) is 1. The van der Waals surface area contributed by atoms with Crippen molar-refractivity contribution in [2.45, 2.75) is 38.5 Å². The molecular formula is C25H30FN3O2. The van der Waals surface area contributed by atoms with Crippen molar-refractivity contribution in [1.82, 2.24) is 10.2 Å². The molecule has 2 aromatic rings. The van der Waals surface area contributed by atoms with E-state index in [0.29, 0.717) is 0 Å². The fourth-order valence-corrected chi connectivity index (χ4v) is 4.30. The summed E-state index contributed by atoms with van der Waals surface area (Å²) in [5.74, 6) is -0.218. The minimum absolute atomic E-state index is 0.0396. The molecule has 0 spiro atoms. The van der Waals surface area contributed by atoms with E-state index in [4.69, 9.17) is 4.74 Å². The summed E-state index contributed by atoms with van der Waals surface area (Å²) >= 11 is 0. The number of hydrogen-bond acceptors (Lipinski definition) is 4. The number of nitrogens with zero attached hydrogens (tertiary/aromatic N) is 2. The molecule has 1 saturated heterocycles. The fraction of sp³-hybridized carbons (Fsp3) is 0.400. The van der Waals surface area contributed by atoms with Crippen LogP contribution in [0.25, 0.3) is 6.08 Å². The molecule has 1 N–H and O–H groups in total. The van der Waals surface area contributed by atoms with Gasteiger partial charge in [0.05, 0.1) is 12.1 Å². The van der Waals surface area contributed by atoms with Crippen LogP contribution in [0.2, 0.25) is 0 Å². The summed E-state index contributed by atoms with van der Waals surface area (Å²) in [6.07, 6.45) is 3.91. The van der Waals surface area contributed by atoms with Gasteiger partial charge in [-0.25, -0.2) is 9.18 Å². The first-order chi connectivity index (χ1) is 14.8. The van der Waals surface area contributed by atoms with E-state index in [1.54, 1.807) is 0 Å². The smallest absolute Gasteiger partial charge is 0.408 e. The predicted molar refractivity (Wildman–Crippen MR) is 122 cm³/mol. The third kappa shape index (κ3) is 5.07. The second kappa shape index (κ2) is 8.71. The number of carbonyl (C=O) groups excluding carboxylic acids is 1. The van der Waals surface area contributed by atoms with Gasteiger partial charge in [0, 0.05) is 31.9 Å². The molecule has 0 unspecified atom stereocenters. The number of alkyl carbamates (subject to hydrolysis) is 1. The fourth-order valence-electron chi connectivity index (χ4n) is 4.30. The number of benzene rings is 2. The molecule has 31 heavy (non-hydrogen) atoms. The van der Waals surface area contributed by atoms with E-state index < -0.39 is 11.7 Å². The van der Waals surface area contributed by atoms with Gasteiger partial charge in [-0.15, -0.1) is 0 Å². The second-order valence-electron chi connectivity index (χ2n) is 9.10. The van der Waals surface area contributed by atoms with Crippen molar-refractivity contribution in [3.63, 3.8) is 0 Å². The molecule has 2 aliphatic rings. The lowest BCUT2D eigenvalue weighted by Crippen LogP contribution is -2.54. The van der Waals surface area contributed by atoms with Crippen molar-refractivity contribution in [2.24, 2.45) is 0 Å². The molecule has 0 aromatic heterocycles. The van der Waals surface area contributed by atoms with E-state index in [2.05, 4.69) is 39.4 Å². The van der Waals surface area contributed by atoms with Gasteiger partial charge >= 0.3 is 6.09 Å². The van der Waals surface area contributed by atoms with Crippen molar-refractivity contribution in [1.29, 1.82) is 0 Å². The number of nitrogens with one attached hydrogen (secondary N) is 1. The molecule has 164 valence electrons. The number of fused-ring (bicyclic) bond motifs is 1. The number of ether oxygens (including phenoxy) is 1. The Morgan fingerprint density at radius 2 is 1.71 bits per heavy atom. The van der Waals surface area contributed by atoms with Crippen LogP contribution in [0.4, 0.5) is 14.9 Å². The van der Waals surface area contributed by atoms with Gasteiger partial charge in [-0.3, -0.25) is 4.90 Å². The molecule has 1 aliphatic carbocycles. The quantitative estimate of drug-likeness (QED) is 0.783. The van der Waals surface area contributed by atoms with Crippen molar-refractivity contribution in [2.75, 3.05) is 31.1 Å². The lowest BCUT2D eigenvalue weighted by molar-refractivity contribution is 0.0470. The highest BCUT2D eigenvalue weighted by molar-refractivity contribution is 5.70. The molecule has 2 atom stereocenters. The molecule has 6 heteroatoms. The van der Waals surface area contributed by atoms with Gasteiger partial charge in [-0.05, 0) is 56.2 Å². The van der Waals surface area contributed by atoms with Gasteiger partial charge < -0.3 is 15.0 Å². The van der Waals surface area contributed by atoms with Crippen LogP contribution < -0.4 is 10.2 Å². The first kappa shape index (κ1) is 21.4. The molecule has 1 amide bonds. The Hall–Kier alpha value is -2.86. The summed E-state index contributed by atoms with van der Waals surface area (Å²) in [6.45, 7) is 8.99. The van der Waals surface area contributed by atoms with Crippen LogP contribution in [-0.2, 0) is 4.74 Å². The Bertz CT molecular complexity index is 944. The van der Waals surface area contributed by atoms with Gasteiger partial charge in [0.15, 0.2) is 0 Å². The number of amides is 1. The Labute approximate surface area is 183 Å². The van der Waals surface area contributed by atoms with Crippen LogP contribution >= 0.6 is 0 Å². The maximum Gasteiger partial charge on any atom is 0.408 e. The van der Waals surface area contributed by atoms with E-state index in [1.165, 1.54) is 12.1 Å². The zero-order valence-electron chi connectivity index (χ0n) is 18.3. The third-order valence-electron chi connectivity index (χ3n) is 5.75. The van der Waals surface area contributed by atoms with E-state index >= 15 is 0 Å². The summed E-state index contributed by atoms with van der Waals surface area (Å²) in [4.78, 5) is 17.3. The average Bonchev–Trinajstić information content (AvgIpc) is 2.73. The van der Waals surface area contributed by atoms with Gasteiger partial charge in [-0.2, -0.15) is 0 Å². The maximum atomic E-state index is 13.3. The molecule has 4 rings (SSSR count). The Balaban J connectivity index is 1.49. The molecule has 0 saturated carbocycles. The number of piperazine rings is 1. The Morgan fingerprint density at radius 3 is 2.39 bits per heavy atom. The standard InChI is InChI=1S/C25H30FN3O2/c1-25(2,3)31-24(30)27-23-21-7-5-4-6-18(21)8-13-22(23)29-16-14-28(15-17-29)20-11-9-19(26)10-12-20/h4-13,22-23H,14-17H2,1-3H3,(H,27,30)/t22-,23-/m1/s1. The lowest BCUT2D eigenvalue weighted by atomic mass is 9.88. The number of halogens is 1. The topological polar surface area (TPSA) is 44.8 Å². The summed E-state index contributed by atoms with van der Waals surface area (Å²) < 4.78 is 18.8. The molecule has 0 bridgehead atoms. The summed E-state index contributed by atoms with van der Waals surface area (Å²) in [6, 6.07) is 14.7. The van der Waals surface area contributed by atoms with E-state index in [9.17, 15) is 9.18 Å². The highest BCUT2D eigenvalue weighted by Crippen LogP contribution is 2.32. The van der Waals surface area contributed by atoms with Crippen LogP contribution in [0.3, 0.4) is 0 Å². The third-order valence-corrected chi connectivity index (χ3v) is 5.75. The normalized spacial score (nSPS) is 21.5. The molecule has 1 heterocycles. The van der Waals surface area contributed by atoms with E-state index in [1.807, 2.05) is 45.0 Å². The largest absolute Gasteiger partial charge is 0.444 e. The van der Waals surface area contributed by atoms with Gasteiger partial charge in [0.1, 0.15) is 11.4 Å². The lowest BCUT2D eigenvalue weighted by Gasteiger charge is -2.43. The first-order valence-electron chi connectivity index (χ1n) is 10.8. The van der Waals surface area contributed by atoms with Crippen LogP contribution in [0.1, 0.15) is 37.9 Å². The zero-order chi connectivity index (χ0) is 22.0. The minimum atomic E-state index is -0.551. The molecule has 1 aliphatic heterocycles. The summed E-state index contributed by atoms with van der Waals surface area (Å²) in [5.41, 5.74) is 2.70. The summed E-state index contributed by atoms with van der Waals surface area (Å²) in [7, 11) is 0. The second-order valence-corrected chi connectivity index (χ2v) is 9.10. The summed E-state index contributed by atoms with van der Waals surface area (Å²) in [5, 5.41) is 3.12. The van der Waals surface area contributed by atoms with E-state index in [-0.39, 0.29) is 17.9 Å². The molecule has 2 aromatic carbocycles. The molecule has 0 radical (unpaired) electrons. The molecule has 5 nitrogen and oxygen atoms in total. The van der Waals surface area contributed by atoms with Gasteiger partial charge in [0.25, 0.3) is 0 Å². The van der Waals surface area contributed by atoms with Crippen molar-refractivity contribution < 1.29 is 13.9 Å². The average molecular weight is 424 g/mol. The molecular weight excluding hydrogens is 393 g/mol. The highest BCUT2D eigenvalue weighted by Gasteiger charge is 2.34. The maximum absolute atomic E-state index is 13.3. The van der Waals surface area contributed by atoms with Crippen LogP contribution in [-0.4, -0.2) is 48.8 Å². The Kier molecular flexibility index (Phi) is 6.01. The van der Waals surface area contributed by atoms with E-state index in [0.717, 1.165) is 43.0 Å². The zero-order valence-corrected chi connectivity index (χ0v) is 18.3. The van der Waals surface area contributed by atoms with Crippen molar-refractivity contribution in [3.05, 3.63) is 71.6 Å². The van der Waals surface area contributed by atoms with Crippen molar-refractivity contribution in [3.8, 4) is 0 Å². The van der Waals surface area contributed by atoms with Crippen molar-refractivity contribution >= 4 is 17.9 Å². The van der Waals surface area contributed by atoms with Gasteiger partial charge in [0.2, 0.25) is 0 Å². The minimum Gasteiger partial charge on any atom is -0.444 e. The number of carbonyl (C=O) groups is 1. The predicted octanol–water partition coefficient (Wildman–Crippen LogP) is 4.61. The van der Waals surface area contributed by atoms with Crippen LogP contribution in [0, 0.1) is 5.82 Å². The monoisotopic (exact) mass is 423 g/mol. The number of anilines is 1. The Morgan fingerprint density at radius 1 is 1.03 bits per heavy atom. The van der Waals surface area contributed by atoms with Crippen LogP contribution in [0.15, 0.2) is 54.6 Å². The first-order valence-corrected chi connectivity index (χ1v) is 10.8. The van der Waals surface area contributed by atoms with Crippen LogP contribution in [0.5, 0.6) is 0 Å². The SMILES string of the molecule is CC(C)(C)OC(=O)N[C@@H]1c2ccccc2C=C[C@H]1N1CCN(c2ccc(F)cc2)CC1.